The van der Waals surface area contributed by atoms with Crippen molar-refractivity contribution in [1.29, 1.82) is 0 Å². The van der Waals surface area contributed by atoms with Gasteiger partial charge in [-0.05, 0) is 36.7 Å². The Hall–Kier alpha value is -1.74. The van der Waals surface area contributed by atoms with E-state index in [0.29, 0.717) is 5.92 Å². The van der Waals surface area contributed by atoms with Crippen molar-refractivity contribution in [3.63, 3.8) is 0 Å². The van der Waals surface area contributed by atoms with Crippen molar-refractivity contribution in [1.82, 2.24) is 5.32 Å². The Morgan fingerprint density at radius 3 is 2.95 bits per heavy atom. The van der Waals surface area contributed by atoms with E-state index in [4.69, 9.17) is 9.15 Å². The molecule has 0 fully saturated rings. The number of para-hydroxylation sites is 1. The van der Waals surface area contributed by atoms with Gasteiger partial charge in [-0.15, -0.1) is 0 Å². The molecule has 1 aliphatic rings. The van der Waals surface area contributed by atoms with E-state index in [1.54, 1.807) is 6.26 Å². The van der Waals surface area contributed by atoms with E-state index >= 15 is 0 Å². The highest BCUT2D eigenvalue weighted by molar-refractivity contribution is 5.35. The van der Waals surface area contributed by atoms with E-state index in [1.165, 1.54) is 5.56 Å². The smallest absolute Gasteiger partial charge is 0.122 e. The predicted molar refractivity (Wildman–Crippen MR) is 74.3 cm³/mol. The van der Waals surface area contributed by atoms with E-state index in [0.717, 1.165) is 31.1 Å². The molecule has 2 atom stereocenters. The number of fused-ring (bicyclic) bond motifs is 1. The molecule has 1 aliphatic heterocycles. The van der Waals surface area contributed by atoms with Crippen molar-refractivity contribution < 1.29 is 9.15 Å². The lowest BCUT2D eigenvalue weighted by atomic mass is 9.89. The molecule has 0 saturated heterocycles. The van der Waals surface area contributed by atoms with Crippen LogP contribution < -0.4 is 10.1 Å². The SMILES string of the molecule is CCNC(c1ccco1)C1COc2ccccc2C1. The molecule has 19 heavy (non-hydrogen) atoms. The van der Waals surface area contributed by atoms with Gasteiger partial charge in [-0.2, -0.15) is 0 Å². The zero-order valence-electron chi connectivity index (χ0n) is 11.1. The fourth-order valence-electron chi connectivity index (χ4n) is 2.75. The zero-order chi connectivity index (χ0) is 13.1. The van der Waals surface area contributed by atoms with Crippen LogP contribution in [0.3, 0.4) is 0 Å². The summed E-state index contributed by atoms with van der Waals surface area (Å²) in [6.07, 6.45) is 2.76. The third-order valence-electron chi connectivity index (χ3n) is 3.65. The second-order valence-electron chi connectivity index (χ2n) is 4.93. The fraction of sp³-hybridized carbons (Fsp3) is 0.375. The monoisotopic (exact) mass is 257 g/mol. The van der Waals surface area contributed by atoms with E-state index < -0.39 is 0 Å². The second kappa shape index (κ2) is 5.49. The number of rotatable bonds is 4. The largest absolute Gasteiger partial charge is 0.493 e. The van der Waals surface area contributed by atoms with Gasteiger partial charge in [0.2, 0.25) is 0 Å². The Labute approximate surface area is 113 Å². The highest BCUT2D eigenvalue weighted by Gasteiger charge is 2.29. The minimum absolute atomic E-state index is 0.216. The van der Waals surface area contributed by atoms with Crippen LogP contribution >= 0.6 is 0 Å². The highest BCUT2D eigenvalue weighted by Crippen LogP contribution is 2.33. The number of ether oxygens (including phenoxy) is 1. The summed E-state index contributed by atoms with van der Waals surface area (Å²) in [5, 5.41) is 3.51. The molecule has 0 bridgehead atoms. The van der Waals surface area contributed by atoms with Gasteiger partial charge in [-0.3, -0.25) is 0 Å². The predicted octanol–water partition coefficient (Wildman–Crippen LogP) is 3.18. The molecule has 2 aromatic rings. The molecular weight excluding hydrogens is 238 g/mol. The maximum Gasteiger partial charge on any atom is 0.122 e. The first-order valence-electron chi connectivity index (χ1n) is 6.86. The van der Waals surface area contributed by atoms with Crippen molar-refractivity contribution in [3.8, 4) is 5.75 Å². The van der Waals surface area contributed by atoms with E-state index in [9.17, 15) is 0 Å². The van der Waals surface area contributed by atoms with Crippen molar-refractivity contribution in [2.75, 3.05) is 13.2 Å². The van der Waals surface area contributed by atoms with Crippen LogP contribution in [-0.2, 0) is 6.42 Å². The standard InChI is InChI=1S/C16H19NO2/c1-2-17-16(15-8-5-9-18-15)13-10-12-6-3-4-7-14(12)19-11-13/h3-9,13,16-17H,2,10-11H2,1H3. The molecule has 2 heterocycles. The first-order valence-corrected chi connectivity index (χ1v) is 6.86. The van der Waals surface area contributed by atoms with E-state index in [1.807, 2.05) is 24.3 Å². The van der Waals surface area contributed by atoms with E-state index in [2.05, 4.69) is 24.4 Å². The molecule has 2 unspecified atom stereocenters. The Kier molecular flexibility index (Phi) is 3.56. The molecule has 3 heteroatoms. The van der Waals surface area contributed by atoms with Gasteiger partial charge in [-0.1, -0.05) is 25.1 Å². The third kappa shape index (κ3) is 2.51. The average molecular weight is 257 g/mol. The molecule has 0 amide bonds. The van der Waals surface area contributed by atoms with Crippen molar-refractivity contribution in [3.05, 3.63) is 54.0 Å². The van der Waals surface area contributed by atoms with Gasteiger partial charge in [0.25, 0.3) is 0 Å². The van der Waals surface area contributed by atoms with Crippen LogP contribution in [0.2, 0.25) is 0 Å². The number of nitrogens with one attached hydrogen (secondary N) is 1. The van der Waals surface area contributed by atoms with Gasteiger partial charge in [0.15, 0.2) is 0 Å². The summed E-state index contributed by atoms with van der Waals surface area (Å²) in [6.45, 7) is 3.77. The second-order valence-corrected chi connectivity index (χ2v) is 4.93. The van der Waals surface area contributed by atoms with Crippen LogP contribution in [0.5, 0.6) is 5.75 Å². The van der Waals surface area contributed by atoms with Crippen LogP contribution in [0.15, 0.2) is 47.1 Å². The molecule has 0 spiro atoms. The van der Waals surface area contributed by atoms with Crippen molar-refractivity contribution in [2.24, 2.45) is 5.92 Å². The summed E-state index contributed by atoms with van der Waals surface area (Å²) in [5.74, 6) is 2.42. The molecule has 0 saturated carbocycles. The Morgan fingerprint density at radius 1 is 1.26 bits per heavy atom. The first-order chi connectivity index (χ1) is 9.38. The minimum Gasteiger partial charge on any atom is -0.493 e. The van der Waals surface area contributed by atoms with Crippen LogP contribution in [0.25, 0.3) is 0 Å². The first kappa shape index (κ1) is 12.3. The minimum atomic E-state index is 0.216. The lowest BCUT2D eigenvalue weighted by Gasteiger charge is -2.31. The third-order valence-corrected chi connectivity index (χ3v) is 3.65. The molecule has 0 radical (unpaired) electrons. The molecule has 0 aliphatic carbocycles. The van der Waals surface area contributed by atoms with Gasteiger partial charge in [0.1, 0.15) is 11.5 Å². The summed E-state index contributed by atoms with van der Waals surface area (Å²) in [6, 6.07) is 12.5. The van der Waals surface area contributed by atoms with Crippen molar-refractivity contribution >= 4 is 0 Å². The molecule has 1 aromatic carbocycles. The maximum atomic E-state index is 5.88. The topological polar surface area (TPSA) is 34.4 Å². The highest BCUT2D eigenvalue weighted by atomic mass is 16.5. The average Bonchev–Trinajstić information content (AvgIpc) is 2.98. The van der Waals surface area contributed by atoms with Crippen LogP contribution in [0.4, 0.5) is 0 Å². The quantitative estimate of drug-likeness (QED) is 0.913. The Morgan fingerprint density at radius 2 is 2.16 bits per heavy atom. The van der Waals surface area contributed by atoms with Crippen LogP contribution in [-0.4, -0.2) is 13.2 Å². The molecule has 1 N–H and O–H groups in total. The molecule has 3 rings (SSSR count). The lowest BCUT2D eigenvalue weighted by Crippen LogP contribution is -2.34. The van der Waals surface area contributed by atoms with Gasteiger partial charge in [-0.25, -0.2) is 0 Å². The van der Waals surface area contributed by atoms with Gasteiger partial charge in [0, 0.05) is 5.92 Å². The van der Waals surface area contributed by atoms with Gasteiger partial charge in [0.05, 0.1) is 18.9 Å². The summed E-state index contributed by atoms with van der Waals surface area (Å²) in [5.41, 5.74) is 1.29. The number of benzene rings is 1. The van der Waals surface area contributed by atoms with Gasteiger partial charge >= 0.3 is 0 Å². The summed E-state index contributed by atoms with van der Waals surface area (Å²) in [4.78, 5) is 0. The maximum absolute atomic E-state index is 5.88. The molecule has 1 aromatic heterocycles. The lowest BCUT2D eigenvalue weighted by molar-refractivity contribution is 0.174. The van der Waals surface area contributed by atoms with Crippen LogP contribution in [0.1, 0.15) is 24.3 Å². The number of hydrogen-bond acceptors (Lipinski definition) is 3. The van der Waals surface area contributed by atoms with E-state index in [-0.39, 0.29) is 6.04 Å². The molecule has 100 valence electrons. The Balaban J connectivity index is 1.82. The van der Waals surface area contributed by atoms with Crippen LogP contribution in [0, 0.1) is 5.92 Å². The summed E-state index contributed by atoms with van der Waals surface area (Å²) < 4.78 is 11.5. The van der Waals surface area contributed by atoms with Gasteiger partial charge < -0.3 is 14.5 Å². The number of furan rings is 1. The molecular formula is C16H19NO2. The normalized spacial score (nSPS) is 19.5. The molecule has 3 nitrogen and oxygen atoms in total. The zero-order valence-corrected chi connectivity index (χ0v) is 11.1. The number of hydrogen-bond donors (Lipinski definition) is 1. The Bertz CT molecular complexity index is 521. The summed E-state index contributed by atoms with van der Waals surface area (Å²) >= 11 is 0. The summed E-state index contributed by atoms with van der Waals surface area (Å²) in [7, 11) is 0. The fourth-order valence-corrected chi connectivity index (χ4v) is 2.75. The van der Waals surface area contributed by atoms with Crippen molar-refractivity contribution in [2.45, 2.75) is 19.4 Å².